The molecule has 100 valence electrons. The van der Waals surface area contributed by atoms with E-state index >= 15 is 0 Å². The summed E-state index contributed by atoms with van der Waals surface area (Å²) in [5, 5.41) is 13.4. The Kier molecular flexibility index (Phi) is 2.52. The molecule has 3 N–H and O–H groups in total. The number of benzene rings is 2. The third kappa shape index (κ3) is 1.64. The van der Waals surface area contributed by atoms with Crippen molar-refractivity contribution in [2.45, 2.75) is 25.0 Å². The first kappa shape index (κ1) is 11.8. The summed E-state index contributed by atoms with van der Waals surface area (Å²) in [6, 6.07) is 14.3. The van der Waals surface area contributed by atoms with Crippen molar-refractivity contribution in [1.29, 1.82) is 0 Å². The van der Waals surface area contributed by atoms with Gasteiger partial charge in [-0.2, -0.15) is 0 Å². The van der Waals surface area contributed by atoms with E-state index in [2.05, 4.69) is 30.3 Å². The lowest BCUT2D eigenvalue weighted by molar-refractivity contribution is 0.126. The molecule has 2 atom stereocenters. The molecule has 0 amide bonds. The minimum Gasteiger partial charge on any atom is -0.391 e. The van der Waals surface area contributed by atoms with Crippen LogP contribution in [0.15, 0.2) is 42.5 Å². The molecule has 0 bridgehead atoms. The van der Waals surface area contributed by atoms with Gasteiger partial charge in [0.25, 0.3) is 0 Å². The zero-order chi connectivity index (χ0) is 13.7. The van der Waals surface area contributed by atoms with E-state index in [0.717, 1.165) is 34.8 Å². The molecule has 0 fully saturated rings. The number of aryl methyl sites for hydroxylation is 1. The summed E-state index contributed by atoms with van der Waals surface area (Å²) >= 11 is 0. The van der Waals surface area contributed by atoms with Crippen molar-refractivity contribution in [3.63, 3.8) is 0 Å². The minimum absolute atomic E-state index is 0.373. The van der Waals surface area contributed by atoms with Gasteiger partial charge in [-0.1, -0.05) is 36.4 Å². The molecule has 0 saturated heterocycles. The van der Waals surface area contributed by atoms with Gasteiger partial charge in [0, 0.05) is 10.8 Å². The summed E-state index contributed by atoms with van der Waals surface area (Å²) in [5.74, 6) is 0. The lowest BCUT2D eigenvalue weighted by atomic mass is 9.89. The Morgan fingerprint density at radius 1 is 1.10 bits per heavy atom. The molecule has 0 unspecified atom stereocenters. The van der Waals surface area contributed by atoms with Crippen molar-refractivity contribution < 1.29 is 5.11 Å². The van der Waals surface area contributed by atoms with E-state index in [4.69, 9.17) is 10.7 Å². The molecular formula is C17H16N2O. The van der Waals surface area contributed by atoms with E-state index in [0.29, 0.717) is 0 Å². The lowest BCUT2D eigenvalue weighted by Crippen LogP contribution is -2.32. The van der Waals surface area contributed by atoms with Crippen LogP contribution in [0.4, 0.5) is 0 Å². The smallest absolute Gasteiger partial charge is 0.0784 e. The number of aliphatic hydroxyl groups excluding tert-OH is 1. The number of hydrogen-bond donors (Lipinski definition) is 2. The molecule has 3 heteroatoms. The summed E-state index contributed by atoms with van der Waals surface area (Å²) < 4.78 is 0. The molecule has 0 radical (unpaired) electrons. The van der Waals surface area contributed by atoms with Crippen molar-refractivity contribution >= 4 is 21.7 Å². The predicted molar refractivity (Wildman–Crippen MR) is 80.5 cm³/mol. The van der Waals surface area contributed by atoms with Gasteiger partial charge < -0.3 is 10.8 Å². The summed E-state index contributed by atoms with van der Waals surface area (Å²) in [5.41, 5.74) is 9.12. The number of rotatable bonds is 0. The predicted octanol–water partition coefficient (Wildman–Crippen LogP) is 2.69. The number of fused-ring (bicyclic) bond motifs is 4. The fourth-order valence-electron chi connectivity index (χ4n) is 3.12. The number of nitrogens with zero attached hydrogens (tertiary/aromatic N) is 1. The number of nitrogens with two attached hydrogens (primary N) is 1. The highest BCUT2D eigenvalue weighted by molar-refractivity contribution is 6.05. The van der Waals surface area contributed by atoms with Gasteiger partial charge in [0.1, 0.15) is 0 Å². The zero-order valence-electron chi connectivity index (χ0n) is 11.1. The average Bonchev–Trinajstić information content (AvgIpc) is 2.49. The molecule has 20 heavy (non-hydrogen) atoms. The van der Waals surface area contributed by atoms with Crippen LogP contribution in [0.1, 0.15) is 23.7 Å². The Hall–Kier alpha value is -1.97. The van der Waals surface area contributed by atoms with E-state index in [1.165, 1.54) is 10.9 Å². The van der Waals surface area contributed by atoms with Gasteiger partial charge in [-0.25, -0.2) is 0 Å². The number of pyridine rings is 1. The Morgan fingerprint density at radius 2 is 1.90 bits per heavy atom. The van der Waals surface area contributed by atoms with Gasteiger partial charge >= 0.3 is 0 Å². The molecule has 4 rings (SSSR count). The maximum atomic E-state index is 9.94. The molecule has 0 spiro atoms. The Labute approximate surface area is 117 Å². The fourth-order valence-corrected chi connectivity index (χ4v) is 3.12. The van der Waals surface area contributed by atoms with Crippen molar-refractivity contribution in [3.8, 4) is 0 Å². The van der Waals surface area contributed by atoms with Gasteiger partial charge in [0.15, 0.2) is 0 Å². The normalized spacial score (nSPS) is 22.1. The summed E-state index contributed by atoms with van der Waals surface area (Å²) in [4.78, 5) is 4.79. The van der Waals surface area contributed by atoms with Crippen LogP contribution in [0.5, 0.6) is 0 Å². The molecule has 1 aromatic heterocycles. The average molecular weight is 264 g/mol. The molecule has 1 heterocycles. The minimum atomic E-state index is -0.484. The Morgan fingerprint density at radius 3 is 2.80 bits per heavy atom. The van der Waals surface area contributed by atoms with E-state index in [9.17, 15) is 5.11 Å². The van der Waals surface area contributed by atoms with E-state index in [-0.39, 0.29) is 6.04 Å². The fraction of sp³-hybridized carbons (Fsp3) is 0.235. The van der Waals surface area contributed by atoms with Crippen LogP contribution in [0.2, 0.25) is 0 Å². The molecule has 3 nitrogen and oxygen atoms in total. The van der Waals surface area contributed by atoms with Gasteiger partial charge in [0.2, 0.25) is 0 Å². The number of hydrogen-bond acceptors (Lipinski definition) is 3. The van der Waals surface area contributed by atoms with Crippen LogP contribution in [0, 0.1) is 0 Å². The third-order valence-corrected chi connectivity index (χ3v) is 4.26. The third-order valence-electron chi connectivity index (χ3n) is 4.26. The quantitative estimate of drug-likeness (QED) is 0.614. The van der Waals surface area contributed by atoms with Gasteiger partial charge in [0.05, 0.1) is 23.4 Å². The molecule has 0 aliphatic heterocycles. The first-order valence-corrected chi connectivity index (χ1v) is 6.99. The molecule has 1 aliphatic carbocycles. The van der Waals surface area contributed by atoms with Crippen molar-refractivity contribution in [3.05, 3.63) is 53.7 Å². The van der Waals surface area contributed by atoms with E-state index in [1.807, 2.05) is 12.1 Å². The van der Waals surface area contributed by atoms with Crippen LogP contribution in [0.25, 0.3) is 21.7 Å². The Balaban J connectivity index is 2.07. The SMILES string of the molecule is N[C@H]1c2nc3c(ccc4ccccc43)cc2CC[C@@H]1O. The second kappa shape index (κ2) is 4.27. The van der Waals surface area contributed by atoms with Crippen LogP contribution in [0.3, 0.4) is 0 Å². The monoisotopic (exact) mass is 264 g/mol. The molecule has 0 saturated carbocycles. The van der Waals surface area contributed by atoms with E-state index < -0.39 is 6.10 Å². The van der Waals surface area contributed by atoms with Gasteiger partial charge in [-0.3, -0.25) is 4.98 Å². The highest BCUT2D eigenvalue weighted by Gasteiger charge is 2.26. The van der Waals surface area contributed by atoms with Crippen LogP contribution in [-0.4, -0.2) is 16.2 Å². The van der Waals surface area contributed by atoms with Crippen molar-refractivity contribution in [1.82, 2.24) is 4.98 Å². The second-order valence-electron chi connectivity index (χ2n) is 5.52. The first-order chi connectivity index (χ1) is 9.74. The first-order valence-electron chi connectivity index (χ1n) is 6.99. The Bertz CT molecular complexity index is 813. The van der Waals surface area contributed by atoms with Crippen LogP contribution in [-0.2, 0) is 6.42 Å². The summed E-state index contributed by atoms with van der Waals surface area (Å²) in [6.07, 6.45) is 1.08. The lowest BCUT2D eigenvalue weighted by Gasteiger charge is -2.26. The molecular weight excluding hydrogens is 248 g/mol. The maximum absolute atomic E-state index is 9.94. The van der Waals surface area contributed by atoms with Crippen molar-refractivity contribution in [2.75, 3.05) is 0 Å². The largest absolute Gasteiger partial charge is 0.391 e. The standard InChI is InChI=1S/C17H16N2O/c18-15-14(20)8-7-12-9-11-6-5-10-3-1-2-4-13(10)16(11)19-17(12)15/h1-6,9,14-15,20H,7-8,18H2/t14-,15+/m0/s1. The van der Waals surface area contributed by atoms with Crippen LogP contribution >= 0.6 is 0 Å². The molecule has 1 aliphatic rings. The zero-order valence-corrected chi connectivity index (χ0v) is 11.1. The summed E-state index contributed by atoms with van der Waals surface area (Å²) in [6.45, 7) is 0. The topological polar surface area (TPSA) is 59.1 Å². The number of aromatic nitrogens is 1. The van der Waals surface area contributed by atoms with Gasteiger partial charge in [-0.15, -0.1) is 0 Å². The highest BCUT2D eigenvalue weighted by Crippen LogP contribution is 2.32. The molecule has 2 aromatic carbocycles. The number of aliphatic hydroxyl groups is 1. The van der Waals surface area contributed by atoms with Crippen LogP contribution < -0.4 is 5.73 Å². The van der Waals surface area contributed by atoms with E-state index in [1.54, 1.807) is 0 Å². The summed E-state index contributed by atoms with van der Waals surface area (Å²) in [7, 11) is 0. The van der Waals surface area contributed by atoms with Crippen molar-refractivity contribution in [2.24, 2.45) is 5.73 Å². The highest BCUT2D eigenvalue weighted by atomic mass is 16.3. The van der Waals surface area contributed by atoms with Gasteiger partial charge in [-0.05, 0) is 29.9 Å². The second-order valence-corrected chi connectivity index (χ2v) is 5.52. The maximum Gasteiger partial charge on any atom is 0.0784 e. The molecule has 3 aromatic rings.